The number of benzene rings is 1. The van der Waals surface area contributed by atoms with Crippen molar-refractivity contribution < 1.29 is 4.79 Å². The molecule has 0 spiro atoms. The summed E-state index contributed by atoms with van der Waals surface area (Å²) < 4.78 is 2.56. The summed E-state index contributed by atoms with van der Waals surface area (Å²) in [4.78, 5) is 12.3. The lowest BCUT2D eigenvalue weighted by molar-refractivity contribution is 0.101. The number of rotatable bonds is 3. The summed E-state index contributed by atoms with van der Waals surface area (Å²) in [5.74, 6) is -0.214. The molecule has 1 heterocycles. The Balaban J connectivity index is 2.28. The van der Waals surface area contributed by atoms with E-state index in [1.165, 1.54) is 0 Å². The lowest BCUT2D eigenvalue weighted by Gasteiger charge is -2.13. The van der Waals surface area contributed by atoms with Crippen molar-refractivity contribution in [3.63, 3.8) is 0 Å². The molecule has 0 aliphatic rings. The predicted octanol–water partition coefficient (Wildman–Crippen LogP) is 5.39. The minimum atomic E-state index is -0.214. The number of nitrogens with one attached hydrogen (secondary N) is 1. The molecule has 0 saturated carbocycles. The molecule has 0 aliphatic heterocycles. The highest BCUT2D eigenvalue weighted by atomic mass is 79.9. The molecule has 0 unspecified atom stereocenters. The minimum Gasteiger partial charge on any atom is -0.339 e. The lowest BCUT2D eigenvalue weighted by atomic mass is 10.3. The number of hydrogen-bond donors (Lipinski definition) is 1. The SMILES string of the molecule is CC(C)n1cc(Cl)cc1C(=O)Nc1ccc(Cl)cc1Br. The van der Waals surface area contributed by atoms with Gasteiger partial charge in [-0.1, -0.05) is 23.2 Å². The van der Waals surface area contributed by atoms with Gasteiger partial charge in [0.05, 0.1) is 10.7 Å². The highest BCUT2D eigenvalue weighted by Gasteiger charge is 2.16. The molecule has 0 aliphatic carbocycles. The number of halogens is 3. The Morgan fingerprint density at radius 1 is 1.25 bits per heavy atom. The van der Waals surface area contributed by atoms with Crippen LogP contribution in [-0.4, -0.2) is 10.5 Å². The highest BCUT2D eigenvalue weighted by Crippen LogP contribution is 2.27. The van der Waals surface area contributed by atoms with Crippen molar-refractivity contribution >= 4 is 50.7 Å². The fraction of sp³-hybridized carbons (Fsp3) is 0.214. The van der Waals surface area contributed by atoms with Crippen LogP contribution in [0.2, 0.25) is 10.0 Å². The molecular formula is C14H13BrCl2N2O. The molecule has 1 amide bonds. The minimum absolute atomic E-state index is 0.150. The van der Waals surface area contributed by atoms with Gasteiger partial charge in [0.1, 0.15) is 5.69 Å². The quantitative estimate of drug-likeness (QED) is 0.766. The number of amides is 1. The van der Waals surface area contributed by atoms with E-state index in [4.69, 9.17) is 23.2 Å². The van der Waals surface area contributed by atoms with Crippen molar-refractivity contribution in [1.29, 1.82) is 0 Å². The van der Waals surface area contributed by atoms with Crippen molar-refractivity contribution in [3.8, 4) is 0 Å². The van der Waals surface area contributed by atoms with Gasteiger partial charge in [-0.2, -0.15) is 0 Å². The van der Waals surface area contributed by atoms with Gasteiger partial charge in [0.15, 0.2) is 0 Å². The third-order valence-electron chi connectivity index (χ3n) is 2.78. The first-order valence-corrected chi connectivity index (χ1v) is 7.57. The largest absolute Gasteiger partial charge is 0.339 e. The number of hydrogen-bond acceptors (Lipinski definition) is 1. The van der Waals surface area contributed by atoms with Crippen LogP contribution >= 0.6 is 39.1 Å². The van der Waals surface area contributed by atoms with E-state index in [0.717, 1.165) is 4.47 Å². The molecule has 0 bridgehead atoms. The number of carbonyl (C=O) groups is 1. The van der Waals surface area contributed by atoms with Gasteiger partial charge in [0, 0.05) is 21.7 Å². The van der Waals surface area contributed by atoms with Crippen LogP contribution < -0.4 is 5.32 Å². The van der Waals surface area contributed by atoms with Crippen molar-refractivity contribution in [2.75, 3.05) is 5.32 Å². The van der Waals surface area contributed by atoms with Gasteiger partial charge in [-0.05, 0) is 54.0 Å². The van der Waals surface area contributed by atoms with Gasteiger partial charge in [-0.25, -0.2) is 0 Å². The summed E-state index contributed by atoms with van der Waals surface area (Å²) in [6.45, 7) is 3.98. The third kappa shape index (κ3) is 3.37. The second-order valence-corrected chi connectivity index (χ2v) is 6.35. The summed E-state index contributed by atoms with van der Waals surface area (Å²) in [6.07, 6.45) is 1.75. The van der Waals surface area contributed by atoms with E-state index in [2.05, 4.69) is 21.2 Å². The van der Waals surface area contributed by atoms with Crippen LogP contribution in [0.15, 0.2) is 34.9 Å². The topological polar surface area (TPSA) is 34.0 Å². The van der Waals surface area contributed by atoms with Gasteiger partial charge in [-0.15, -0.1) is 0 Å². The fourth-order valence-corrected chi connectivity index (χ4v) is 2.82. The number of anilines is 1. The maximum absolute atomic E-state index is 12.3. The Bertz CT molecular complexity index is 653. The van der Waals surface area contributed by atoms with Gasteiger partial charge in [0.25, 0.3) is 5.91 Å². The maximum atomic E-state index is 12.3. The van der Waals surface area contributed by atoms with E-state index >= 15 is 0 Å². The van der Waals surface area contributed by atoms with E-state index < -0.39 is 0 Å². The summed E-state index contributed by atoms with van der Waals surface area (Å²) in [6, 6.07) is 6.99. The summed E-state index contributed by atoms with van der Waals surface area (Å²) in [5, 5.41) is 3.98. The molecule has 0 atom stereocenters. The van der Waals surface area contributed by atoms with Crippen molar-refractivity contribution in [2.45, 2.75) is 19.9 Å². The van der Waals surface area contributed by atoms with Crippen LogP contribution in [0.25, 0.3) is 0 Å². The van der Waals surface area contributed by atoms with Gasteiger partial charge < -0.3 is 9.88 Å². The standard InChI is InChI=1S/C14H13BrCl2N2O/c1-8(2)19-7-10(17)6-13(19)14(20)18-12-4-3-9(16)5-11(12)15/h3-8H,1-2H3,(H,18,20). The molecule has 0 fully saturated rings. The summed E-state index contributed by atoms with van der Waals surface area (Å²) in [7, 11) is 0. The Labute approximate surface area is 136 Å². The zero-order valence-corrected chi connectivity index (χ0v) is 14.1. The van der Waals surface area contributed by atoms with Crippen LogP contribution in [-0.2, 0) is 0 Å². The van der Waals surface area contributed by atoms with Crippen LogP contribution in [0, 0.1) is 0 Å². The third-order valence-corrected chi connectivity index (χ3v) is 3.88. The molecule has 3 nitrogen and oxygen atoms in total. The Hall–Kier alpha value is -0.970. The molecule has 20 heavy (non-hydrogen) atoms. The second-order valence-electron chi connectivity index (χ2n) is 4.62. The Morgan fingerprint density at radius 2 is 1.95 bits per heavy atom. The molecular weight excluding hydrogens is 363 g/mol. The van der Waals surface area contributed by atoms with E-state index in [1.54, 1.807) is 30.5 Å². The molecule has 6 heteroatoms. The number of carbonyl (C=O) groups excluding carboxylic acids is 1. The molecule has 1 N–H and O–H groups in total. The normalized spacial score (nSPS) is 10.9. The Morgan fingerprint density at radius 3 is 2.55 bits per heavy atom. The first-order chi connectivity index (χ1) is 9.38. The monoisotopic (exact) mass is 374 g/mol. The van der Waals surface area contributed by atoms with Crippen LogP contribution in [0.5, 0.6) is 0 Å². The van der Waals surface area contributed by atoms with Gasteiger partial charge in [0.2, 0.25) is 0 Å². The predicted molar refractivity (Wildman–Crippen MR) is 86.9 cm³/mol. The number of aromatic nitrogens is 1. The van der Waals surface area contributed by atoms with Crippen molar-refractivity contribution in [1.82, 2.24) is 4.57 Å². The average Bonchev–Trinajstić information content (AvgIpc) is 2.75. The molecule has 106 valence electrons. The second kappa shape index (κ2) is 6.20. The maximum Gasteiger partial charge on any atom is 0.272 e. The zero-order chi connectivity index (χ0) is 14.9. The summed E-state index contributed by atoms with van der Waals surface area (Å²) >= 11 is 15.2. The van der Waals surface area contributed by atoms with Gasteiger partial charge in [-0.3, -0.25) is 4.79 Å². The zero-order valence-electron chi connectivity index (χ0n) is 11.0. The van der Waals surface area contributed by atoms with Gasteiger partial charge >= 0.3 is 0 Å². The first-order valence-electron chi connectivity index (χ1n) is 6.02. The van der Waals surface area contributed by atoms with Crippen LogP contribution in [0.1, 0.15) is 30.4 Å². The molecule has 0 saturated heterocycles. The number of nitrogens with zero attached hydrogens (tertiary/aromatic N) is 1. The molecule has 2 aromatic rings. The lowest BCUT2D eigenvalue weighted by Crippen LogP contribution is -2.18. The molecule has 1 aromatic carbocycles. The average molecular weight is 376 g/mol. The van der Waals surface area contributed by atoms with E-state index in [9.17, 15) is 4.79 Å². The smallest absolute Gasteiger partial charge is 0.272 e. The first kappa shape index (κ1) is 15.4. The van der Waals surface area contributed by atoms with Crippen LogP contribution in [0.3, 0.4) is 0 Å². The molecule has 2 rings (SSSR count). The van der Waals surface area contributed by atoms with E-state index in [-0.39, 0.29) is 11.9 Å². The Kier molecular flexibility index (Phi) is 4.78. The van der Waals surface area contributed by atoms with E-state index in [1.807, 2.05) is 18.4 Å². The summed E-state index contributed by atoms with van der Waals surface area (Å²) in [5.41, 5.74) is 1.18. The fourth-order valence-electron chi connectivity index (χ4n) is 1.83. The van der Waals surface area contributed by atoms with Crippen molar-refractivity contribution in [2.24, 2.45) is 0 Å². The van der Waals surface area contributed by atoms with E-state index in [0.29, 0.717) is 21.4 Å². The molecule has 1 aromatic heterocycles. The highest BCUT2D eigenvalue weighted by molar-refractivity contribution is 9.10. The molecule has 0 radical (unpaired) electrons. The van der Waals surface area contributed by atoms with Crippen LogP contribution in [0.4, 0.5) is 5.69 Å². The van der Waals surface area contributed by atoms with Crippen molar-refractivity contribution in [3.05, 3.63) is 50.7 Å².